The predicted molar refractivity (Wildman–Crippen MR) is 84.2 cm³/mol. The topological polar surface area (TPSA) is 25.2 Å². The van der Waals surface area contributed by atoms with Crippen LogP contribution >= 0.6 is 0 Å². The number of rotatable bonds is 3. The molecule has 2 nitrogen and oxygen atoms in total. The lowest BCUT2D eigenvalue weighted by Crippen LogP contribution is -1.92. The van der Waals surface area contributed by atoms with Crippen LogP contribution in [0.15, 0.2) is 71.9 Å². The molecular weight excluding hydrogens is 244 g/mol. The summed E-state index contributed by atoms with van der Waals surface area (Å²) in [6, 6.07) is 20.6. The molecule has 0 aliphatic rings. The van der Waals surface area contributed by atoms with Gasteiger partial charge in [-0.15, -0.1) is 0 Å². The van der Waals surface area contributed by atoms with Crippen LogP contribution in [0.4, 0.5) is 0 Å². The summed E-state index contributed by atoms with van der Waals surface area (Å²) in [6.45, 7) is 2.10. The summed E-state index contributed by atoms with van der Waals surface area (Å²) in [5.74, 6) is 0. The summed E-state index contributed by atoms with van der Waals surface area (Å²) >= 11 is 0. The zero-order chi connectivity index (χ0) is 13.8. The quantitative estimate of drug-likeness (QED) is 0.640. The van der Waals surface area contributed by atoms with Gasteiger partial charge in [0.1, 0.15) is 0 Å². The Morgan fingerprint density at radius 1 is 0.950 bits per heavy atom. The maximum Gasteiger partial charge on any atom is 0.0789 e. The van der Waals surface area contributed by atoms with Crippen LogP contribution in [0.2, 0.25) is 0 Å². The molecule has 98 valence electrons. The highest BCUT2D eigenvalue weighted by molar-refractivity contribution is 5.97. The molecule has 1 aromatic heterocycles. The minimum atomic E-state index is 0.148. The molecule has 1 atom stereocenters. The second-order valence-corrected chi connectivity index (χ2v) is 4.79. The Labute approximate surface area is 118 Å². The Balaban J connectivity index is 1.91. The van der Waals surface area contributed by atoms with E-state index in [9.17, 15) is 0 Å². The summed E-state index contributed by atoms with van der Waals surface area (Å²) in [6.07, 6.45) is 3.74. The van der Waals surface area contributed by atoms with Crippen LogP contribution in [-0.4, -0.2) is 11.2 Å². The fourth-order valence-electron chi connectivity index (χ4n) is 2.24. The predicted octanol–water partition coefficient (Wildman–Crippen LogP) is 4.41. The fraction of sp³-hybridized carbons (Fsp3) is 0.111. The first-order valence-electron chi connectivity index (χ1n) is 6.76. The summed E-state index contributed by atoms with van der Waals surface area (Å²) in [7, 11) is 0. The molecule has 0 amide bonds. The Bertz CT molecular complexity index is 727. The van der Waals surface area contributed by atoms with Crippen molar-refractivity contribution >= 4 is 17.1 Å². The van der Waals surface area contributed by atoms with Gasteiger partial charge in [0.2, 0.25) is 0 Å². The van der Waals surface area contributed by atoms with Crippen molar-refractivity contribution < 1.29 is 0 Å². The van der Waals surface area contributed by atoms with E-state index in [-0.39, 0.29) is 6.04 Å². The average Bonchev–Trinajstić information content (AvgIpc) is 2.53. The number of pyridine rings is 1. The Morgan fingerprint density at radius 3 is 2.60 bits per heavy atom. The number of nitrogens with zero attached hydrogens (tertiary/aromatic N) is 2. The van der Waals surface area contributed by atoms with Crippen molar-refractivity contribution in [2.24, 2.45) is 4.99 Å². The van der Waals surface area contributed by atoms with Gasteiger partial charge < -0.3 is 0 Å². The first kappa shape index (κ1) is 12.5. The lowest BCUT2D eigenvalue weighted by atomic mass is 10.1. The molecule has 0 aliphatic carbocycles. The molecule has 3 aromatic rings. The third kappa shape index (κ3) is 2.59. The lowest BCUT2D eigenvalue weighted by molar-refractivity contribution is 0.825. The Kier molecular flexibility index (Phi) is 3.55. The van der Waals surface area contributed by atoms with E-state index in [1.54, 1.807) is 0 Å². The normalized spacial score (nSPS) is 12.8. The van der Waals surface area contributed by atoms with Gasteiger partial charge in [0.25, 0.3) is 0 Å². The van der Waals surface area contributed by atoms with Crippen molar-refractivity contribution in [2.75, 3.05) is 0 Å². The molecule has 0 spiro atoms. The van der Waals surface area contributed by atoms with E-state index in [1.165, 1.54) is 5.56 Å². The molecule has 0 saturated heterocycles. The maximum absolute atomic E-state index is 4.65. The highest BCUT2D eigenvalue weighted by atomic mass is 14.8. The molecule has 0 radical (unpaired) electrons. The van der Waals surface area contributed by atoms with Crippen molar-refractivity contribution in [3.8, 4) is 0 Å². The SMILES string of the molecule is C[C@H](N=Cc1cccc2cccnc12)c1ccccc1. The molecule has 0 fully saturated rings. The van der Waals surface area contributed by atoms with Crippen LogP contribution in [0.1, 0.15) is 24.1 Å². The zero-order valence-electron chi connectivity index (χ0n) is 11.4. The number of aliphatic imine (C=N–C) groups is 1. The van der Waals surface area contributed by atoms with Gasteiger partial charge in [-0.05, 0) is 18.6 Å². The molecular formula is C18H16N2. The van der Waals surface area contributed by atoms with Gasteiger partial charge in [-0.1, -0.05) is 54.6 Å². The molecule has 0 saturated carbocycles. The van der Waals surface area contributed by atoms with E-state index in [2.05, 4.69) is 47.2 Å². The highest BCUT2D eigenvalue weighted by Gasteiger charge is 2.02. The molecule has 3 rings (SSSR count). The van der Waals surface area contributed by atoms with Crippen LogP contribution in [0.3, 0.4) is 0 Å². The van der Waals surface area contributed by atoms with Gasteiger partial charge in [0, 0.05) is 23.4 Å². The summed E-state index contributed by atoms with van der Waals surface area (Å²) in [5, 5.41) is 1.14. The van der Waals surface area contributed by atoms with Crippen molar-refractivity contribution in [1.82, 2.24) is 4.98 Å². The van der Waals surface area contributed by atoms with Gasteiger partial charge in [-0.3, -0.25) is 9.98 Å². The third-order valence-electron chi connectivity index (χ3n) is 3.38. The van der Waals surface area contributed by atoms with Gasteiger partial charge >= 0.3 is 0 Å². The van der Waals surface area contributed by atoms with Gasteiger partial charge in [0.15, 0.2) is 0 Å². The summed E-state index contributed by atoms with van der Waals surface area (Å²) in [4.78, 5) is 9.09. The van der Waals surface area contributed by atoms with Crippen LogP contribution in [0.25, 0.3) is 10.9 Å². The average molecular weight is 260 g/mol. The molecule has 20 heavy (non-hydrogen) atoms. The van der Waals surface area contributed by atoms with Gasteiger partial charge in [-0.25, -0.2) is 0 Å². The number of para-hydroxylation sites is 1. The first-order valence-corrected chi connectivity index (χ1v) is 6.76. The Hall–Kier alpha value is -2.48. The number of benzene rings is 2. The van der Waals surface area contributed by atoms with Gasteiger partial charge in [0.05, 0.1) is 11.6 Å². The molecule has 2 heteroatoms. The zero-order valence-corrected chi connectivity index (χ0v) is 11.4. The van der Waals surface area contributed by atoms with Crippen LogP contribution in [0, 0.1) is 0 Å². The molecule has 2 aromatic carbocycles. The third-order valence-corrected chi connectivity index (χ3v) is 3.38. The fourth-order valence-corrected chi connectivity index (χ4v) is 2.24. The van der Waals surface area contributed by atoms with Crippen molar-refractivity contribution in [2.45, 2.75) is 13.0 Å². The monoisotopic (exact) mass is 260 g/mol. The molecule has 0 aliphatic heterocycles. The second-order valence-electron chi connectivity index (χ2n) is 4.79. The smallest absolute Gasteiger partial charge is 0.0789 e. The van der Waals surface area contributed by atoms with E-state index in [1.807, 2.05) is 42.7 Å². The van der Waals surface area contributed by atoms with Crippen LogP contribution in [0.5, 0.6) is 0 Å². The first-order chi connectivity index (χ1) is 9.84. The Morgan fingerprint density at radius 2 is 1.75 bits per heavy atom. The van der Waals surface area contributed by atoms with E-state index in [0.29, 0.717) is 0 Å². The van der Waals surface area contributed by atoms with Gasteiger partial charge in [-0.2, -0.15) is 0 Å². The maximum atomic E-state index is 4.65. The largest absolute Gasteiger partial charge is 0.285 e. The molecule has 0 bridgehead atoms. The number of hydrogen-bond acceptors (Lipinski definition) is 2. The number of fused-ring (bicyclic) bond motifs is 1. The van der Waals surface area contributed by atoms with E-state index >= 15 is 0 Å². The minimum Gasteiger partial charge on any atom is -0.285 e. The number of aromatic nitrogens is 1. The van der Waals surface area contributed by atoms with Crippen LogP contribution in [-0.2, 0) is 0 Å². The van der Waals surface area contributed by atoms with Crippen molar-refractivity contribution in [3.63, 3.8) is 0 Å². The standard InChI is InChI=1S/C18H16N2/c1-14(15-7-3-2-4-8-15)20-13-17-10-5-9-16-11-6-12-19-18(16)17/h2-14H,1H3/t14-/m0/s1. The van der Waals surface area contributed by atoms with Crippen LogP contribution < -0.4 is 0 Å². The minimum absolute atomic E-state index is 0.148. The summed E-state index contributed by atoms with van der Waals surface area (Å²) in [5.41, 5.74) is 3.28. The molecule has 0 N–H and O–H groups in total. The number of hydrogen-bond donors (Lipinski definition) is 0. The van der Waals surface area contributed by atoms with Crippen molar-refractivity contribution in [3.05, 3.63) is 78.0 Å². The second kappa shape index (κ2) is 5.66. The van der Waals surface area contributed by atoms with E-state index in [4.69, 9.17) is 0 Å². The summed E-state index contributed by atoms with van der Waals surface area (Å²) < 4.78 is 0. The highest BCUT2D eigenvalue weighted by Crippen LogP contribution is 2.18. The van der Waals surface area contributed by atoms with E-state index < -0.39 is 0 Å². The molecule has 0 unspecified atom stereocenters. The van der Waals surface area contributed by atoms with Crippen molar-refractivity contribution in [1.29, 1.82) is 0 Å². The lowest BCUT2D eigenvalue weighted by Gasteiger charge is -2.06. The molecule has 1 heterocycles. The van der Waals surface area contributed by atoms with E-state index in [0.717, 1.165) is 16.5 Å².